The molecule has 0 radical (unpaired) electrons. The fourth-order valence-electron chi connectivity index (χ4n) is 11.6. The maximum Gasteiger partial charge on any atom is 0.344 e. The SMILES string of the molecule is CC(C)CCC[C@@H](C)[C@@H]1CC[C@@H]2[C@H]3CC=C4C[C@@H](OC(=O)COc5cc(O)c6c(c5)/C=C/CCCC(=O)CCCCOC6=O)CC[C@]4(C)[C@@H]3CC[C@@]21C. The van der Waals surface area contributed by atoms with E-state index < -0.39 is 11.9 Å². The molecule has 292 valence electrons. The molecule has 7 heteroatoms. The van der Waals surface area contributed by atoms with Crippen LogP contribution in [0.5, 0.6) is 11.5 Å². The van der Waals surface area contributed by atoms with E-state index in [1.165, 1.54) is 56.6 Å². The summed E-state index contributed by atoms with van der Waals surface area (Å²) in [5.41, 5.74) is 2.66. The Morgan fingerprint density at radius 1 is 0.981 bits per heavy atom. The van der Waals surface area contributed by atoms with E-state index in [0.29, 0.717) is 49.0 Å². The molecule has 1 aliphatic heterocycles. The second kappa shape index (κ2) is 17.1. The van der Waals surface area contributed by atoms with Crippen LogP contribution in [0.4, 0.5) is 0 Å². The predicted octanol–water partition coefficient (Wildman–Crippen LogP) is 10.8. The maximum absolute atomic E-state index is 13.1. The number of rotatable bonds is 9. The van der Waals surface area contributed by atoms with Gasteiger partial charge in [0.15, 0.2) is 6.61 Å². The highest BCUT2D eigenvalue weighted by molar-refractivity contribution is 5.97. The quantitative estimate of drug-likeness (QED) is 0.199. The first-order valence-electron chi connectivity index (χ1n) is 21.1. The largest absolute Gasteiger partial charge is 0.507 e. The summed E-state index contributed by atoms with van der Waals surface area (Å²) in [6.07, 6.45) is 23.1. The van der Waals surface area contributed by atoms with Gasteiger partial charge in [0.25, 0.3) is 0 Å². The minimum atomic E-state index is -0.624. The number of cyclic esters (lactones) is 1. The van der Waals surface area contributed by atoms with Gasteiger partial charge in [-0.25, -0.2) is 9.59 Å². The number of hydrogen-bond acceptors (Lipinski definition) is 7. The van der Waals surface area contributed by atoms with Gasteiger partial charge in [-0.2, -0.15) is 0 Å². The molecule has 1 N–H and O–H groups in total. The number of ether oxygens (including phenoxy) is 3. The smallest absolute Gasteiger partial charge is 0.344 e. The van der Waals surface area contributed by atoms with Crippen molar-refractivity contribution in [2.24, 2.45) is 46.3 Å². The Labute approximate surface area is 318 Å². The number of ketones is 1. The van der Waals surface area contributed by atoms with Crippen LogP contribution in [-0.4, -0.2) is 42.1 Å². The molecule has 53 heavy (non-hydrogen) atoms. The lowest BCUT2D eigenvalue weighted by molar-refractivity contribution is -0.154. The van der Waals surface area contributed by atoms with E-state index in [-0.39, 0.29) is 47.6 Å². The lowest BCUT2D eigenvalue weighted by atomic mass is 9.47. The molecular weight excluding hydrogens is 664 g/mol. The van der Waals surface area contributed by atoms with Crippen LogP contribution < -0.4 is 4.74 Å². The van der Waals surface area contributed by atoms with E-state index in [9.17, 15) is 19.5 Å². The van der Waals surface area contributed by atoms with Gasteiger partial charge in [0, 0.05) is 25.3 Å². The average molecular weight is 731 g/mol. The summed E-state index contributed by atoms with van der Waals surface area (Å²) in [7, 11) is 0. The molecule has 1 aromatic rings. The molecule has 0 saturated heterocycles. The van der Waals surface area contributed by atoms with Gasteiger partial charge in [0.2, 0.25) is 0 Å². The molecule has 0 amide bonds. The predicted molar refractivity (Wildman–Crippen MR) is 209 cm³/mol. The summed E-state index contributed by atoms with van der Waals surface area (Å²) in [5.74, 6) is 3.94. The number of Topliss-reactive ketones (excluding diaryl/α,β-unsaturated/α-hetero) is 1. The number of allylic oxidation sites excluding steroid dienone is 2. The van der Waals surface area contributed by atoms with Crippen LogP contribution in [0.3, 0.4) is 0 Å². The number of phenols is 1. The van der Waals surface area contributed by atoms with E-state index in [4.69, 9.17) is 14.2 Å². The van der Waals surface area contributed by atoms with Gasteiger partial charge < -0.3 is 19.3 Å². The number of aromatic hydroxyl groups is 1. The van der Waals surface area contributed by atoms with Gasteiger partial charge >= 0.3 is 11.9 Å². The van der Waals surface area contributed by atoms with Crippen molar-refractivity contribution in [2.45, 2.75) is 150 Å². The maximum atomic E-state index is 13.1. The zero-order chi connectivity index (χ0) is 37.8. The lowest BCUT2D eigenvalue weighted by Crippen LogP contribution is -2.51. The first kappa shape index (κ1) is 39.6. The number of fused-ring (bicyclic) bond motifs is 6. The van der Waals surface area contributed by atoms with Gasteiger partial charge in [-0.1, -0.05) is 77.7 Å². The van der Waals surface area contributed by atoms with E-state index in [1.54, 1.807) is 12.1 Å². The second-order valence-electron chi connectivity index (χ2n) is 18.3. The number of esters is 2. The molecule has 0 spiro atoms. The Morgan fingerprint density at radius 3 is 2.60 bits per heavy atom. The van der Waals surface area contributed by atoms with E-state index in [1.807, 2.05) is 6.08 Å². The van der Waals surface area contributed by atoms with Gasteiger partial charge in [-0.05, 0) is 129 Å². The Balaban J connectivity index is 1.05. The number of hydrogen-bond donors (Lipinski definition) is 1. The molecule has 3 saturated carbocycles. The highest BCUT2D eigenvalue weighted by Crippen LogP contribution is 2.67. The molecule has 7 nitrogen and oxygen atoms in total. The zero-order valence-corrected chi connectivity index (χ0v) is 33.3. The molecular formula is C46H66O7. The van der Waals surface area contributed by atoms with E-state index in [2.05, 4.69) is 40.7 Å². The third kappa shape index (κ3) is 8.91. The Hall–Kier alpha value is -3.09. The molecule has 6 rings (SSSR count). The van der Waals surface area contributed by atoms with Crippen molar-refractivity contribution < 1.29 is 33.7 Å². The number of phenolic OH excluding ortho intramolecular Hbond substituents is 1. The molecule has 1 aromatic carbocycles. The Bertz CT molecular complexity index is 1540. The summed E-state index contributed by atoms with van der Waals surface area (Å²) in [6.45, 7) is 12.3. The number of benzene rings is 1. The van der Waals surface area contributed by atoms with Crippen LogP contribution in [0.25, 0.3) is 6.08 Å². The lowest BCUT2D eigenvalue weighted by Gasteiger charge is -2.58. The minimum Gasteiger partial charge on any atom is -0.507 e. The molecule has 3 fully saturated rings. The fourth-order valence-corrected chi connectivity index (χ4v) is 11.6. The summed E-state index contributed by atoms with van der Waals surface area (Å²) >= 11 is 0. The van der Waals surface area contributed by atoms with Gasteiger partial charge in [0.1, 0.15) is 28.9 Å². The van der Waals surface area contributed by atoms with Crippen LogP contribution in [0.2, 0.25) is 0 Å². The third-order valence-corrected chi connectivity index (χ3v) is 14.4. The standard InChI is InChI=1S/C46H66O7/c1-30(2)12-11-13-31(3)38-19-20-39-37-18-17-33-27-35(21-23-45(33,4)40(37)22-24-46(38,39)5)53-42(49)29-52-36-26-32-14-7-6-8-15-34(47)16-9-10-25-51-44(50)43(32)41(48)28-36/h7,14,17,26,28,30-31,35,37-40,48H,6,8-13,15-16,18-25,27,29H2,1-5H3/b14-7+/t31-,35+,37-,38+,39-,40-,45+,46-/m1/s1. The van der Waals surface area contributed by atoms with Gasteiger partial charge in [-0.3, -0.25) is 4.79 Å². The summed E-state index contributed by atoms with van der Waals surface area (Å²) in [6, 6.07) is 3.00. The molecule has 4 aliphatic carbocycles. The number of carbonyl (C=O) groups is 3. The topological polar surface area (TPSA) is 99.1 Å². The molecule has 8 atom stereocenters. The summed E-state index contributed by atoms with van der Waals surface area (Å²) in [4.78, 5) is 38.1. The van der Waals surface area contributed by atoms with Crippen molar-refractivity contribution in [1.29, 1.82) is 0 Å². The Morgan fingerprint density at radius 2 is 1.79 bits per heavy atom. The van der Waals surface area contributed by atoms with Crippen molar-refractivity contribution in [1.82, 2.24) is 0 Å². The van der Waals surface area contributed by atoms with E-state index in [0.717, 1.165) is 61.7 Å². The van der Waals surface area contributed by atoms with Crippen LogP contribution >= 0.6 is 0 Å². The van der Waals surface area contributed by atoms with Crippen molar-refractivity contribution in [3.8, 4) is 11.5 Å². The number of carbonyl (C=O) groups excluding carboxylic acids is 3. The van der Waals surface area contributed by atoms with Crippen LogP contribution in [-0.2, 0) is 19.1 Å². The molecule has 1 heterocycles. The average Bonchev–Trinajstić information content (AvgIpc) is 3.47. The fraction of sp³-hybridized carbons (Fsp3) is 0.717. The van der Waals surface area contributed by atoms with Crippen molar-refractivity contribution in [2.75, 3.05) is 13.2 Å². The summed E-state index contributed by atoms with van der Waals surface area (Å²) < 4.78 is 17.3. The minimum absolute atomic E-state index is 0.0690. The molecule has 0 aromatic heterocycles. The normalized spacial score (nSPS) is 33.2. The second-order valence-corrected chi connectivity index (χ2v) is 18.3. The van der Waals surface area contributed by atoms with E-state index >= 15 is 0 Å². The zero-order valence-electron chi connectivity index (χ0n) is 33.3. The van der Waals surface area contributed by atoms with Crippen molar-refractivity contribution in [3.05, 3.63) is 41.0 Å². The first-order chi connectivity index (χ1) is 25.4. The van der Waals surface area contributed by atoms with Crippen LogP contribution in [0.1, 0.15) is 160 Å². The van der Waals surface area contributed by atoms with Gasteiger partial charge in [0.05, 0.1) is 6.61 Å². The highest BCUT2D eigenvalue weighted by atomic mass is 16.6. The summed E-state index contributed by atoms with van der Waals surface area (Å²) in [5, 5.41) is 10.9. The highest BCUT2D eigenvalue weighted by Gasteiger charge is 2.59. The third-order valence-electron chi connectivity index (χ3n) is 14.4. The Kier molecular flexibility index (Phi) is 12.8. The van der Waals surface area contributed by atoms with Crippen LogP contribution in [0.15, 0.2) is 29.9 Å². The first-order valence-corrected chi connectivity index (χ1v) is 21.1. The van der Waals surface area contributed by atoms with Crippen molar-refractivity contribution >= 4 is 23.8 Å². The van der Waals surface area contributed by atoms with Crippen molar-refractivity contribution in [3.63, 3.8) is 0 Å². The van der Waals surface area contributed by atoms with Crippen LogP contribution in [0, 0.1) is 46.3 Å². The van der Waals surface area contributed by atoms with Gasteiger partial charge in [-0.15, -0.1) is 0 Å². The molecule has 5 aliphatic rings. The molecule has 0 bridgehead atoms. The molecule has 0 unspecified atom stereocenters. The monoisotopic (exact) mass is 730 g/mol.